The summed E-state index contributed by atoms with van der Waals surface area (Å²) in [5.74, 6) is 0.0864. The molecule has 0 saturated heterocycles. The monoisotopic (exact) mass is 288 g/mol. The topological polar surface area (TPSA) is 51.2 Å². The Kier molecular flexibility index (Phi) is 5.49. The van der Waals surface area contributed by atoms with Gasteiger partial charge in [-0.05, 0) is 10.8 Å². The normalized spacial score (nSPS) is 14.3. The molecule has 0 aliphatic carbocycles. The van der Waals surface area contributed by atoms with E-state index in [2.05, 4.69) is 41.5 Å². The van der Waals surface area contributed by atoms with E-state index in [1.165, 1.54) is 6.26 Å². The average Bonchev–Trinajstić information content (AvgIpc) is 2.10. The average molecular weight is 288 g/mol. The summed E-state index contributed by atoms with van der Waals surface area (Å²) in [6.07, 6.45) is 1.63. The highest BCUT2D eigenvalue weighted by atomic mass is 32.2. The summed E-state index contributed by atoms with van der Waals surface area (Å²) in [6, 6.07) is 0. The largest absolute Gasteiger partial charge is 0.311 e. The van der Waals surface area contributed by atoms with Crippen LogP contribution in [0.2, 0.25) is 6.32 Å². The van der Waals surface area contributed by atoms with Crippen molar-refractivity contribution < 1.29 is 13.2 Å². The molecule has 0 radical (unpaired) electrons. The van der Waals surface area contributed by atoms with E-state index in [1.54, 1.807) is 0 Å². The van der Waals surface area contributed by atoms with Crippen molar-refractivity contribution in [3.63, 3.8) is 0 Å². The van der Waals surface area contributed by atoms with E-state index in [0.29, 0.717) is 13.6 Å². The molecule has 0 aromatic heterocycles. The van der Waals surface area contributed by atoms with E-state index >= 15 is 0 Å². The number of sulfone groups is 1. The molecule has 0 aliphatic rings. The van der Waals surface area contributed by atoms with Gasteiger partial charge in [0.2, 0.25) is 7.28 Å². The second-order valence-corrected chi connectivity index (χ2v) is 10.0. The lowest BCUT2D eigenvalue weighted by Crippen LogP contribution is -2.51. The maximum absolute atomic E-state index is 12.6. The summed E-state index contributed by atoms with van der Waals surface area (Å²) in [7, 11) is -2.66. The van der Waals surface area contributed by atoms with Crippen LogP contribution in [0.3, 0.4) is 0 Å². The fraction of sp³-hybridized carbons (Fsp3) is 0.929. The molecule has 0 aromatic rings. The van der Waals surface area contributed by atoms with Crippen molar-refractivity contribution in [2.45, 2.75) is 54.8 Å². The molecule has 0 spiro atoms. The van der Waals surface area contributed by atoms with Crippen LogP contribution >= 0.6 is 0 Å². The van der Waals surface area contributed by atoms with Crippen molar-refractivity contribution in [2.24, 2.45) is 16.2 Å². The summed E-state index contributed by atoms with van der Waals surface area (Å²) in [4.78, 5) is 12.6. The van der Waals surface area contributed by atoms with Crippen molar-refractivity contribution >= 4 is 22.8 Å². The molecule has 0 bridgehead atoms. The predicted molar refractivity (Wildman–Crippen MR) is 83.7 cm³/mol. The lowest BCUT2D eigenvalue weighted by atomic mass is 9.45. The van der Waals surface area contributed by atoms with Gasteiger partial charge in [0, 0.05) is 17.4 Å². The molecule has 0 atom stereocenters. The van der Waals surface area contributed by atoms with Crippen molar-refractivity contribution in [3.05, 3.63) is 0 Å². The number of carbonyl (C=O) groups is 1. The number of hydrogen-bond acceptors (Lipinski definition) is 3. The molecule has 0 N–H and O–H groups in total. The smallest absolute Gasteiger partial charge is 0.207 e. The molecule has 19 heavy (non-hydrogen) atoms. The van der Waals surface area contributed by atoms with Gasteiger partial charge in [0.05, 0.1) is 5.68 Å². The number of hydrogen-bond donors (Lipinski definition) is 0. The van der Waals surface area contributed by atoms with Gasteiger partial charge in [-0.2, -0.15) is 0 Å². The Bertz CT molecular complexity index is 411. The molecule has 5 heteroatoms. The third-order valence-corrected chi connectivity index (χ3v) is 5.51. The van der Waals surface area contributed by atoms with Crippen LogP contribution in [0.4, 0.5) is 0 Å². The zero-order valence-electron chi connectivity index (χ0n) is 13.8. The molecule has 0 saturated carbocycles. The molecule has 0 amide bonds. The van der Waals surface area contributed by atoms with Gasteiger partial charge in [-0.3, -0.25) is 0 Å². The fourth-order valence-corrected chi connectivity index (χ4v) is 3.38. The minimum atomic E-state index is -2.99. The van der Waals surface area contributed by atoms with Crippen LogP contribution in [0, 0.1) is 16.2 Å². The Morgan fingerprint density at radius 3 is 1.58 bits per heavy atom. The summed E-state index contributed by atoms with van der Waals surface area (Å²) in [5, 5.41) is 0. The van der Waals surface area contributed by atoms with Crippen LogP contribution in [0.1, 0.15) is 48.5 Å². The van der Waals surface area contributed by atoms with Crippen LogP contribution in [0.15, 0.2) is 0 Å². The standard InChI is InChI=1S/C14H29BO3S/c1-12(2,3)14(7,13(4,5)6)11(16)15-9-10-19(8,17)18/h15H,9-10H2,1-8H3. The molecule has 0 aliphatic heterocycles. The maximum atomic E-state index is 12.6. The first kappa shape index (κ1) is 18.7. The molecule has 0 aromatic carbocycles. The van der Waals surface area contributed by atoms with Crippen LogP contribution in [0.25, 0.3) is 0 Å². The first-order valence-electron chi connectivity index (χ1n) is 6.84. The Hall–Kier alpha value is -0.315. The number of rotatable bonds is 5. The van der Waals surface area contributed by atoms with Crippen molar-refractivity contribution in [1.29, 1.82) is 0 Å². The fourth-order valence-electron chi connectivity index (χ4n) is 2.71. The van der Waals surface area contributed by atoms with Crippen molar-refractivity contribution in [2.75, 3.05) is 12.0 Å². The summed E-state index contributed by atoms with van der Waals surface area (Å²) < 4.78 is 22.3. The molecule has 112 valence electrons. The van der Waals surface area contributed by atoms with Gasteiger partial charge >= 0.3 is 0 Å². The van der Waals surface area contributed by atoms with Gasteiger partial charge in [-0.1, -0.05) is 54.8 Å². The van der Waals surface area contributed by atoms with E-state index in [-0.39, 0.29) is 22.3 Å². The Balaban J connectivity index is 5.08. The van der Waals surface area contributed by atoms with E-state index in [1.807, 2.05) is 6.92 Å². The van der Waals surface area contributed by atoms with E-state index in [4.69, 9.17) is 0 Å². The van der Waals surface area contributed by atoms with Gasteiger partial charge < -0.3 is 4.79 Å². The minimum Gasteiger partial charge on any atom is -0.311 e. The zero-order valence-corrected chi connectivity index (χ0v) is 14.6. The summed E-state index contributed by atoms with van der Waals surface area (Å²) in [6.45, 7) is 14.5. The molecule has 0 rings (SSSR count). The Morgan fingerprint density at radius 1 is 0.947 bits per heavy atom. The lowest BCUT2D eigenvalue weighted by Gasteiger charge is -2.50. The second-order valence-electron chi connectivity index (χ2n) is 7.78. The third kappa shape index (κ3) is 4.62. The first-order chi connectivity index (χ1) is 8.13. The zero-order chi connectivity index (χ0) is 15.7. The van der Waals surface area contributed by atoms with Crippen LogP contribution in [-0.4, -0.2) is 33.4 Å². The number of carbonyl (C=O) groups excluding carboxylic acids is 1. The lowest BCUT2D eigenvalue weighted by molar-refractivity contribution is -0.135. The van der Waals surface area contributed by atoms with E-state index in [9.17, 15) is 13.2 Å². The molecule has 0 unspecified atom stereocenters. The molecule has 3 nitrogen and oxygen atoms in total. The van der Waals surface area contributed by atoms with Crippen molar-refractivity contribution in [1.82, 2.24) is 0 Å². The summed E-state index contributed by atoms with van der Waals surface area (Å²) in [5.41, 5.74) is -0.630. The van der Waals surface area contributed by atoms with Crippen LogP contribution in [0.5, 0.6) is 0 Å². The van der Waals surface area contributed by atoms with Gasteiger partial charge in [0.15, 0.2) is 0 Å². The van der Waals surface area contributed by atoms with Gasteiger partial charge in [-0.15, -0.1) is 0 Å². The highest BCUT2D eigenvalue weighted by Gasteiger charge is 2.51. The molecular weight excluding hydrogens is 259 g/mol. The quantitative estimate of drug-likeness (QED) is 0.730. The SMILES string of the molecule is CC(C)(C)C(C)(C(=O)BCCS(C)(=O)=O)C(C)(C)C. The first-order valence-corrected chi connectivity index (χ1v) is 8.90. The van der Waals surface area contributed by atoms with Gasteiger partial charge in [0.1, 0.15) is 9.84 Å². The van der Waals surface area contributed by atoms with E-state index < -0.39 is 15.3 Å². The maximum Gasteiger partial charge on any atom is 0.207 e. The van der Waals surface area contributed by atoms with E-state index in [0.717, 1.165) is 0 Å². The predicted octanol–water partition coefficient (Wildman–Crippen LogP) is 2.51. The van der Waals surface area contributed by atoms with Gasteiger partial charge in [0.25, 0.3) is 0 Å². The second kappa shape index (κ2) is 5.59. The Labute approximate surface area is 119 Å². The summed E-state index contributed by atoms with van der Waals surface area (Å²) >= 11 is 0. The Morgan fingerprint density at radius 2 is 1.32 bits per heavy atom. The highest BCUT2D eigenvalue weighted by molar-refractivity contribution is 7.90. The highest BCUT2D eigenvalue weighted by Crippen LogP contribution is 2.51. The third-order valence-electron chi connectivity index (χ3n) is 4.48. The molecule has 0 fully saturated rings. The van der Waals surface area contributed by atoms with Crippen LogP contribution in [-0.2, 0) is 14.6 Å². The minimum absolute atomic E-state index is 0.0864. The van der Waals surface area contributed by atoms with Crippen molar-refractivity contribution in [3.8, 4) is 0 Å². The van der Waals surface area contributed by atoms with Crippen LogP contribution < -0.4 is 0 Å². The van der Waals surface area contributed by atoms with Gasteiger partial charge in [-0.25, -0.2) is 8.42 Å². The molecular formula is C14H29BO3S. The molecule has 0 heterocycles.